The Morgan fingerprint density at radius 2 is 0.893 bits per heavy atom. The first-order chi connectivity index (χ1) is 26.8. The second kappa shape index (κ2) is 33.1. The number of carbonyl (C=O) groups is 1. The second-order valence-electron chi connectivity index (χ2n) is 16.4. The molecule has 1 saturated carbocycles. The molecule has 1 fully saturated rings. The van der Waals surface area contributed by atoms with E-state index in [2.05, 4.69) is 19.2 Å². The zero-order valence-electron chi connectivity index (χ0n) is 35.1. The minimum atomic E-state index is -5.10. The molecule has 0 heterocycles. The summed E-state index contributed by atoms with van der Waals surface area (Å²) < 4.78 is 22.8. The van der Waals surface area contributed by atoms with Crippen molar-refractivity contribution < 1.29 is 59.0 Å². The van der Waals surface area contributed by atoms with Crippen LogP contribution in [0.1, 0.15) is 200 Å². The van der Waals surface area contributed by atoms with E-state index >= 15 is 0 Å². The Bertz CT molecular complexity index is 979. The van der Waals surface area contributed by atoms with Gasteiger partial charge in [-0.25, -0.2) is 4.57 Å². The van der Waals surface area contributed by atoms with Crippen molar-refractivity contribution in [1.82, 2.24) is 5.32 Å². The van der Waals surface area contributed by atoms with Gasteiger partial charge in [0.2, 0.25) is 5.91 Å². The molecular weight excluding hydrogens is 741 g/mol. The predicted molar refractivity (Wildman–Crippen MR) is 220 cm³/mol. The van der Waals surface area contributed by atoms with Gasteiger partial charge in [0.1, 0.15) is 36.6 Å². The van der Waals surface area contributed by atoms with Gasteiger partial charge >= 0.3 is 7.82 Å². The molecule has 8 unspecified atom stereocenters. The fraction of sp³-hybridized carbons (Fsp3) is 0.976. The average Bonchev–Trinajstić information content (AvgIpc) is 3.17. The van der Waals surface area contributed by atoms with Gasteiger partial charge in [-0.15, -0.1) is 0 Å². The van der Waals surface area contributed by atoms with Crippen LogP contribution in [0.4, 0.5) is 0 Å². The van der Waals surface area contributed by atoms with E-state index in [1.807, 2.05) is 0 Å². The summed E-state index contributed by atoms with van der Waals surface area (Å²) in [5.41, 5.74) is 0. The number of hydrogen-bond donors (Lipinski definition) is 9. The number of amides is 1. The molecule has 0 aliphatic heterocycles. The molecule has 0 saturated heterocycles. The molecule has 1 amide bonds. The Morgan fingerprint density at radius 1 is 0.554 bits per heavy atom. The number of nitrogens with one attached hydrogen (secondary N) is 1. The van der Waals surface area contributed by atoms with Crippen molar-refractivity contribution in [1.29, 1.82) is 0 Å². The Balaban J connectivity index is 2.46. The quantitative estimate of drug-likeness (QED) is 0.0231. The highest BCUT2D eigenvalue weighted by molar-refractivity contribution is 7.47. The third-order valence-corrected chi connectivity index (χ3v) is 12.2. The molecule has 9 N–H and O–H groups in total. The standard InChI is InChI=1S/C42H84NO12P/c1-3-5-7-9-11-13-14-15-16-17-18-19-20-22-23-25-27-29-33(44)31-36(46)43-34(35(45)30-28-26-24-21-12-10-8-6-4-2)32-54-56(52,53)55-42-40(50)38(48)37(47)39(49)41(42)51/h33-35,37-42,44-45,47-51H,3-32H2,1-2H3,(H,43,46)(H,52,53). The van der Waals surface area contributed by atoms with Crippen LogP contribution in [0, 0.1) is 0 Å². The molecule has 14 heteroatoms. The number of carbonyl (C=O) groups excluding carboxylic acids is 1. The molecule has 0 aromatic carbocycles. The smallest absolute Gasteiger partial charge is 0.393 e. The van der Waals surface area contributed by atoms with E-state index in [0.717, 1.165) is 51.4 Å². The molecule has 0 spiro atoms. The number of aliphatic hydroxyl groups excluding tert-OH is 7. The van der Waals surface area contributed by atoms with Crippen molar-refractivity contribution in [2.75, 3.05) is 6.61 Å². The third-order valence-electron chi connectivity index (χ3n) is 11.2. The van der Waals surface area contributed by atoms with Crippen molar-refractivity contribution in [2.45, 2.75) is 255 Å². The van der Waals surface area contributed by atoms with Crippen LogP contribution < -0.4 is 5.32 Å². The van der Waals surface area contributed by atoms with Crippen molar-refractivity contribution in [3.05, 3.63) is 0 Å². The van der Waals surface area contributed by atoms with Crippen LogP contribution in [-0.4, -0.2) is 108 Å². The summed E-state index contributed by atoms with van der Waals surface area (Å²) in [5, 5.41) is 74.4. The Morgan fingerprint density at radius 3 is 1.29 bits per heavy atom. The van der Waals surface area contributed by atoms with E-state index in [4.69, 9.17) is 9.05 Å². The highest BCUT2D eigenvalue weighted by atomic mass is 31.2. The van der Waals surface area contributed by atoms with Gasteiger partial charge in [-0.2, -0.15) is 0 Å². The van der Waals surface area contributed by atoms with Gasteiger partial charge < -0.3 is 46.0 Å². The van der Waals surface area contributed by atoms with Crippen molar-refractivity contribution in [2.24, 2.45) is 0 Å². The molecule has 8 atom stereocenters. The van der Waals surface area contributed by atoms with Crippen LogP contribution in [-0.2, 0) is 18.4 Å². The van der Waals surface area contributed by atoms with Gasteiger partial charge in [-0.1, -0.05) is 181 Å². The number of unbranched alkanes of at least 4 members (excludes halogenated alkanes) is 24. The SMILES string of the molecule is CCCCCCCCCCCCCCCCCCCC(O)CC(=O)NC(COP(=O)(O)OC1C(O)C(O)C(O)C(O)C1O)C(O)CCCCCCCCCCC. The maximum atomic E-state index is 13.0. The first-order valence-electron chi connectivity index (χ1n) is 22.6. The maximum Gasteiger partial charge on any atom is 0.472 e. The number of phosphoric ester groups is 1. The predicted octanol–water partition coefficient (Wildman–Crippen LogP) is 6.87. The number of phosphoric acid groups is 1. The van der Waals surface area contributed by atoms with Crippen molar-refractivity contribution >= 4 is 13.7 Å². The minimum Gasteiger partial charge on any atom is -0.393 e. The molecule has 334 valence electrons. The first kappa shape index (κ1) is 53.3. The lowest BCUT2D eigenvalue weighted by Crippen LogP contribution is -2.64. The first-order valence-corrected chi connectivity index (χ1v) is 24.1. The zero-order valence-corrected chi connectivity index (χ0v) is 36.0. The Hall–Kier alpha value is -0.700. The van der Waals surface area contributed by atoms with Gasteiger partial charge in [0, 0.05) is 0 Å². The molecule has 0 aromatic rings. The molecule has 1 aliphatic carbocycles. The van der Waals surface area contributed by atoms with Crippen LogP contribution in [0.3, 0.4) is 0 Å². The van der Waals surface area contributed by atoms with Crippen LogP contribution in [0.5, 0.6) is 0 Å². The Labute approximate surface area is 339 Å². The van der Waals surface area contributed by atoms with E-state index in [1.165, 1.54) is 109 Å². The monoisotopic (exact) mass is 826 g/mol. The average molecular weight is 826 g/mol. The van der Waals surface area contributed by atoms with E-state index < -0.39 is 75.2 Å². The minimum absolute atomic E-state index is 0.216. The number of aliphatic hydroxyl groups is 7. The summed E-state index contributed by atoms with van der Waals surface area (Å²) in [6.07, 6.45) is 17.5. The fourth-order valence-electron chi connectivity index (χ4n) is 7.48. The lowest BCUT2D eigenvalue weighted by atomic mass is 9.85. The summed E-state index contributed by atoms with van der Waals surface area (Å²) >= 11 is 0. The van der Waals surface area contributed by atoms with Gasteiger partial charge in [0.25, 0.3) is 0 Å². The molecule has 0 bridgehead atoms. The van der Waals surface area contributed by atoms with Crippen molar-refractivity contribution in [3.8, 4) is 0 Å². The van der Waals surface area contributed by atoms with Crippen LogP contribution in [0.25, 0.3) is 0 Å². The normalized spacial score (nSPS) is 24.1. The third kappa shape index (κ3) is 25.0. The molecule has 1 rings (SSSR count). The fourth-order valence-corrected chi connectivity index (χ4v) is 8.45. The topological polar surface area (TPSA) is 226 Å². The summed E-state index contributed by atoms with van der Waals surface area (Å²) in [6.45, 7) is 3.75. The van der Waals surface area contributed by atoms with Crippen LogP contribution >= 0.6 is 7.82 Å². The summed E-state index contributed by atoms with van der Waals surface area (Å²) in [6, 6.07) is -1.15. The summed E-state index contributed by atoms with van der Waals surface area (Å²) in [4.78, 5) is 23.4. The highest BCUT2D eigenvalue weighted by Gasteiger charge is 2.51. The van der Waals surface area contributed by atoms with Crippen molar-refractivity contribution in [3.63, 3.8) is 0 Å². The molecule has 0 radical (unpaired) electrons. The highest BCUT2D eigenvalue weighted by Crippen LogP contribution is 2.47. The van der Waals surface area contributed by atoms with E-state index in [1.54, 1.807) is 0 Å². The van der Waals surface area contributed by atoms with Crippen LogP contribution in [0.2, 0.25) is 0 Å². The molecule has 13 nitrogen and oxygen atoms in total. The zero-order chi connectivity index (χ0) is 41.6. The number of hydrogen-bond acceptors (Lipinski definition) is 11. The summed E-state index contributed by atoms with van der Waals surface area (Å²) in [7, 11) is -5.10. The van der Waals surface area contributed by atoms with E-state index in [9.17, 15) is 50.0 Å². The molecular formula is C42H84NO12P. The van der Waals surface area contributed by atoms with Gasteiger partial charge in [-0.3, -0.25) is 13.8 Å². The Kier molecular flexibility index (Phi) is 31.5. The largest absolute Gasteiger partial charge is 0.472 e. The molecule has 0 aromatic heterocycles. The summed E-state index contributed by atoms with van der Waals surface area (Å²) in [5.74, 6) is -0.559. The van der Waals surface area contributed by atoms with E-state index in [0.29, 0.717) is 12.8 Å². The van der Waals surface area contributed by atoms with E-state index in [-0.39, 0.29) is 12.8 Å². The maximum absolute atomic E-state index is 13.0. The molecule has 56 heavy (non-hydrogen) atoms. The molecule has 1 aliphatic rings. The lowest BCUT2D eigenvalue weighted by Gasteiger charge is -2.41. The van der Waals surface area contributed by atoms with Gasteiger partial charge in [0.05, 0.1) is 31.3 Å². The van der Waals surface area contributed by atoms with Gasteiger partial charge in [0.15, 0.2) is 0 Å². The second-order valence-corrected chi connectivity index (χ2v) is 17.9. The number of rotatable bonds is 37. The lowest BCUT2D eigenvalue weighted by molar-refractivity contribution is -0.220. The van der Waals surface area contributed by atoms with Crippen LogP contribution in [0.15, 0.2) is 0 Å². The van der Waals surface area contributed by atoms with Gasteiger partial charge in [-0.05, 0) is 12.8 Å².